The first-order valence-corrected chi connectivity index (χ1v) is 7.25. The third kappa shape index (κ3) is 4.32. The summed E-state index contributed by atoms with van der Waals surface area (Å²) in [5, 5.41) is 0. The molecule has 0 saturated heterocycles. The average molecular weight is 338 g/mol. The Morgan fingerprint density at radius 1 is 1.20 bits per heavy atom. The average Bonchev–Trinajstić information content (AvgIpc) is 2.41. The van der Waals surface area contributed by atoms with E-state index in [2.05, 4.69) is 15.9 Å². The molecule has 0 radical (unpaired) electrons. The lowest BCUT2D eigenvalue weighted by Gasteiger charge is -2.09. The number of benzene rings is 2. The molecule has 4 heteroatoms. The Hall–Kier alpha value is -1.39. The van der Waals surface area contributed by atoms with Gasteiger partial charge in [-0.2, -0.15) is 0 Å². The third-order valence-electron chi connectivity index (χ3n) is 2.88. The fraction of sp³-hybridized carbons (Fsp3) is 0.250. The predicted molar refractivity (Wildman–Crippen MR) is 82.2 cm³/mol. The molecular weight excluding hydrogens is 321 g/mol. The summed E-state index contributed by atoms with van der Waals surface area (Å²) in [7, 11) is 0. The maximum atomic E-state index is 13.6. The van der Waals surface area contributed by atoms with Gasteiger partial charge in [0.2, 0.25) is 0 Å². The number of halogens is 2. The lowest BCUT2D eigenvalue weighted by Crippen LogP contribution is -2.17. The van der Waals surface area contributed by atoms with Crippen LogP contribution in [-0.4, -0.2) is 6.04 Å². The van der Waals surface area contributed by atoms with E-state index >= 15 is 0 Å². The maximum absolute atomic E-state index is 13.6. The van der Waals surface area contributed by atoms with Crippen LogP contribution in [0.25, 0.3) is 0 Å². The highest BCUT2D eigenvalue weighted by molar-refractivity contribution is 9.10. The van der Waals surface area contributed by atoms with Crippen molar-refractivity contribution in [2.45, 2.75) is 26.0 Å². The van der Waals surface area contributed by atoms with Gasteiger partial charge < -0.3 is 10.5 Å². The van der Waals surface area contributed by atoms with Crippen molar-refractivity contribution in [2.24, 2.45) is 5.73 Å². The molecule has 0 fully saturated rings. The van der Waals surface area contributed by atoms with Crippen molar-refractivity contribution in [3.63, 3.8) is 0 Å². The molecule has 0 spiro atoms. The Morgan fingerprint density at radius 3 is 2.55 bits per heavy atom. The molecule has 0 aromatic heterocycles. The number of hydrogen-bond donors (Lipinski definition) is 1. The topological polar surface area (TPSA) is 35.2 Å². The molecule has 106 valence electrons. The molecule has 0 bridgehead atoms. The summed E-state index contributed by atoms with van der Waals surface area (Å²) >= 11 is 3.32. The third-order valence-corrected chi connectivity index (χ3v) is 3.38. The van der Waals surface area contributed by atoms with Crippen LogP contribution in [0.4, 0.5) is 4.39 Å². The summed E-state index contributed by atoms with van der Waals surface area (Å²) in [5.41, 5.74) is 7.45. The molecule has 2 rings (SSSR count). The van der Waals surface area contributed by atoms with Crippen LogP contribution in [0.5, 0.6) is 5.75 Å². The fourth-order valence-electron chi connectivity index (χ4n) is 1.91. The van der Waals surface area contributed by atoms with Crippen LogP contribution in [-0.2, 0) is 13.0 Å². The van der Waals surface area contributed by atoms with Gasteiger partial charge in [0.05, 0.1) is 0 Å². The van der Waals surface area contributed by atoms with Gasteiger partial charge in [0.1, 0.15) is 18.2 Å². The molecule has 0 aliphatic carbocycles. The van der Waals surface area contributed by atoms with Gasteiger partial charge in [0.25, 0.3) is 0 Å². The standard InChI is InChI=1S/C16H17BrFNO/c1-11(19)8-12-2-5-15(6-3-12)20-10-13-9-14(17)4-7-16(13)18/h2-7,9,11H,8,10,19H2,1H3. The minimum absolute atomic E-state index is 0.137. The molecule has 1 atom stereocenters. The van der Waals surface area contributed by atoms with Crippen molar-refractivity contribution >= 4 is 15.9 Å². The first kappa shape index (κ1) is 15.0. The van der Waals surface area contributed by atoms with Crippen LogP contribution in [0.2, 0.25) is 0 Å². The molecule has 2 aromatic carbocycles. The Balaban J connectivity index is 1.98. The molecule has 0 aliphatic rings. The van der Waals surface area contributed by atoms with E-state index in [0.29, 0.717) is 5.56 Å². The molecule has 0 heterocycles. The largest absolute Gasteiger partial charge is 0.489 e. The zero-order chi connectivity index (χ0) is 14.5. The van der Waals surface area contributed by atoms with Crippen LogP contribution in [0.1, 0.15) is 18.1 Å². The number of nitrogens with two attached hydrogens (primary N) is 1. The molecule has 0 saturated carbocycles. The van der Waals surface area contributed by atoms with Crippen molar-refractivity contribution < 1.29 is 9.13 Å². The highest BCUT2D eigenvalue weighted by Gasteiger charge is 2.04. The summed E-state index contributed by atoms with van der Waals surface area (Å²) in [4.78, 5) is 0. The Bertz CT molecular complexity index is 569. The summed E-state index contributed by atoms with van der Waals surface area (Å²) in [5.74, 6) is 0.458. The van der Waals surface area contributed by atoms with Crippen molar-refractivity contribution in [1.82, 2.24) is 0 Å². The molecule has 2 N–H and O–H groups in total. The van der Waals surface area contributed by atoms with Gasteiger partial charge in [-0.15, -0.1) is 0 Å². The van der Waals surface area contributed by atoms with Gasteiger partial charge in [-0.1, -0.05) is 28.1 Å². The first-order chi connectivity index (χ1) is 9.54. The lowest BCUT2D eigenvalue weighted by molar-refractivity contribution is 0.299. The van der Waals surface area contributed by atoms with Crippen molar-refractivity contribution in [2.75, 3.05) is 0 Å². The summed E-state index contributed by atoms with van der Waals surface area (Å²) in [6.07, 6.45) is 0.834. The van der Waals surface area contributed by atoms with Gasteiger partial charge in [0.15, 0.2) is 0 Å². The highest BCUT2D eigenvalue weighted by atomic mass is 79.9. The molecule has 0 amide bonds. The van der Waals surface area contributed by atoms with E-state index in [1.807, 2.05) is 31.2 Å². The van der Waals surface area contributed by atoms with E-state index in [-0.39, 0.29) is 18.5 Å². The summed E-state index contributed by atoms with van der Waals surface area (Å²) < 4.78 is 20.0. The Kier molecular flexibility index (Phi) is 5.15. The minimum Gasteiger partial charge on any atom is -0.489 e. The van der Waals surface area contributed by atoms with Gasteiger partial charge in [-0.05, 0) is 49.2 Å². The zero-order valence-corrected chi connectivity index (χ0v) is 12.9. The second kappa shape index (κ2) is 6.86. The van der Waals surface area contributed by atoms with Gasteiger partial charge in [-0.3, -0.25) is 0 Å². The SMILES string of the molecule is CC(N)Cc1ccc(OCc2cc(Br)ccc2F)cc1. The van der Waals surface area contributed by atoms with Crippen molar-refractivity contribution in [3.05, 3.63) is 63.9 Å². The summed E-state index contributed by atoms with van der Waals surface area (Å²) in [6, 6.07) is 12.7. The van der Waals surface area contributed by atoms with Crippen molar-refractivity contribution in [1.29, 1.82) is 0 Å². The quantitative estimate of drug-likeness (QED) is 0.892. The van der Waals surface area contributed by atoms with Gasteiger partial charge in [0, 0.05) is 16.1 Å². The van der Waals surface area contributed by atoms with Crippen LogP contribution in [0.15, 0.2) is 46.9 Å². The summed E-state index contributed by atoms with van der Waals surface area (Å²) in [6.45, 7) is 2.18. The van der Waals surface area contributed by atoms with E-state index in [9.17, 15) is 4.39 Å². The Labute approximate surface area is 126 Å². The fourth-order valence-corrected chi connectivity index (χ4v) is 2.32. The second-order valence-electron chi connectivity index (χ2n) is 4.85. The number of ether oxygens (including phenoxy) is 1. The monoisotopic (exact) mass is 337 g/mol. The van der Waals surface area contributed by atoms with Crippen LogP contribution < -0.4 is 10.5 Å². The Morgan fingerprint density at radius 2 is 1.90 bits per heavy atom. The van der Waals surface area contributed by atoms with Gasteiger partial charge in [-0.25, -0.2) is 4.39 Å². The lowest BCUT2D eigenvalue weighted by atomic mass is 10.1. The van der Waals surface area contributed by atoms with Crippen LogP contribution in [0, 0.1) is 5.82 Å². The predicted octanol–water partition coefficient (Wildman–Crippen LogP) is 4.06. The van der Waals surface area contributed by atoms with E-state index in [4.69, 9.17) is 10.5 Å². The van der Waals surface area contributed by atoms with Crippen molar-refractivity contribution in [3.8, 4) is 5.75 Å². The zero-order valence-electron chi connectivity index (χ0n) is 11.3. The molecule has 2 aromatic rings. The molecular formula is C16H17BrFNO. The maximum Gasteiger partial charge on any atom is 0.129 e. The first-order valence-electron chi connectivity index (χ1n) is 6.46. The van der Waals surface area contributed by atoms with Crippen LogP contribution >= 0.6 is 15.9 Å². The molecule has 0 aliphatic heterocycles. The number of hydrogen-bond acceptors (Lipinski definition) is 2. The highest BCUT2D eigenvalue weighted by Crippen LogP contribution is 2.19. The van der Waals surface area contributed by atoms with E-state index in [1.54, 1.807) is 12.1 Å². The molecule has 2 nitrogen and oxygen atoms in total. The smallest absolute Gasteiger partial charge is 0.129 e. The van der Waals surface area contributed by atoms with E-state index in [1.165, 1.54) is 11.6 Å². The van der Waals surface area contributed by atoms with E-state index in [0.717, 1.165) is 16.6 Å². The molecule has 1 unspecified atom stereocenters. The van der Waals surface area contributed by atoms with Crippen LogP contribution in [0.3, 0.4) is 0 Å². The van der Waals surface area contributed by atoms with Gasteiger partial charge >= 0.3 is 0 Å². The number of rotatable bonds is 5. The molecule has 20 heavy (non-hydrogen) atoms. The minimum atomic E-state index is -0.262. The normalized spacial score (nSPS) is 12.2. The second-order valence-corrected chi connectivity index (χ2v) is 5.77. The van der Waals surface area contributed by atoms with E-state index < -0.39 is 0 Å².